The molecule has 2 heterocycles. The Bertz CT molecular complexity index is 408. The number of aliphatic hydroxyl groups excluding tert-OH is 1. The van der Waals surface area contributed by atoms with Gasteiger partial charge < -0.3 is 5.11 Å². The molecule has 4 nitrogen and oxygen atoms in total. The topological polar surface area (TPSA) is 53.4 Å². The van der Waals surface area contributed by atoms with Crippen molar-refractivity contribution in [3.05, 3.63) is 22.8 Å². The zero-order chi connectivity index (χ0) is 11.0. The molecule has 0 saturated carbocycles. The third-order valence-corrected chi connectivity index (χ3v) is 2.78. The van der Waals surface area contributed by atoms with E-state index in [1.807, 2.05) is 13.0 Å². The lowest BCUT2D eigenvalue weighted by atomic mass is 10.3. The number of hydrogen-bond donors (Lipinski definition) is 1. The van der Waals surface area contributed by atoms with Crippen LogP contribution in [0.2, 0.25) is 5.15 Å². The quantitative estimate of drug-likeness (QED) is 0.731. The van der Waals surface area contributed by atoms with Crippen LogP contribution in [0.15, 0.2) is 12.1 Å². The molecule has 1 atom stereocenters. The predicted octanol–water partition coefficient (Wildman–Crippen LogP) is 1.14. The van der Waals surface area contributed by atoms with Crippen LogP contribution in [0.1, 0.15) is 12.0 Å². The summed E-state index contributed by atoms with van der Waals surface area (Å²) in [6.07, 6.45) is -0.438. The smallest absolute Gasteiger partial charge is 0.230 e. The zero-order valence-electron chi connectivity index (χ0n) is 8.27. The number of carbonyl (C=O) groups excluding carboxylic acids is 1. The van der Waals surface area contributed by atoms with E-state index in [-0.39, 0.29) is 12.3 Å². The number of pyridine rings is 1. The van der Waals surface area contributed by atoms with Gasteiger partial charge in [0, 0.05) is 0 Å². The fourth-order valence-corrected chi connectivity index (χ4v) is 1.70. The molecule has 2 rings (SSSR count). The van der Waals surface area contributed by atoms with E-state index in [2.05, 4.69) is 4.98 Å². The lowest BCUT2D eigenvalue weighted by molar-refractivity contribution is -0.117. The van der Waals surface area contributed by atoms with E-state index in [1.165, 1.54) is 4.90 Å². The Morgan fingerprint density at radius 1 is 1.60 bits per heavy atom. The number of amides is 1. The first-order valence-corrected chi connectivity index (χ1v) is 5.07. The Labute approximate surface area is 92.5 Å². The highest BCUT2D eigenvalue weighted by molar-refractivity contribution is 6.30. The number of rotatable bonds is 1. The average molecular weight is 227 g/mol. The molecule has 1 aliphatic heterocycles. The number of aryl methyl sites for hydroxylation is 1. The summed E-state index contributed by atoms with van der Waals surface area (Å²) in [6, 6.07) is 3.54. The summed E-state index contributed by atoms with van der Waals surface area (Å²) in [5.41, 5.74) is 0.868. The molecule has 1 unspecified atom stereocenters. The van der Waals surface area contributed by atoms with Crippen molar-refractivity contribution >= 4 is 23.3 Å². The normalized spacial score (nSPS) is 21.1. The average Bonchev–Trinajstić information content (AvgIpc) is 2.50. The molecule has 1 N–H and O–H groups in total. The summed E-state index contributed by atoms with van der Waals surface area (Å²) < 4.78 is 0. The molecular formula is C10H11ClN2O2. The highest BCUT2D eigenvalue weighted by Crippen LogP contribution is 2.22. The summed E-state index contributed by atoms with van der Waals surface area (Å²) in [6.45, 7) is 2.14. The Kier molecular flexibility index (Phi) is 2.63. The maximum absolute atomic E-state index is 11.5. The second kappa shape index (κ2) is 3.79. The summed E-state index contributed by atoms with van der Waals surface area (Å²) in [7, 11) is 0. The van der Waals surface area contributed by atoms with Gasteiger partial charge in [0.15, 0.2) is 0 Å². The molecule has 0 aromatic carbocycles. The molecule has 1 fully saturated rings. The standard InChI is InChI=1S/C10H11ClN2O2/c1-6-2-3-8(12-10(6)11)13-5-7(14)4-9(13)15/h2-3,7,14H,4-5H2,1H3. The number of aromatic nitrogens is 1. The second-order valence-electron chi connectivity index (χ2n) is 3.64. The van der Waals surface area contributed by atoms with Crippen molar-refractivity contribution in [3.63, 3.8) is 0 Å². The van der Waals surface area contributed by atoms with Crippen molar-refractivity contribution in [2.45, 2.75) is 19.4 Å². The minimum Gasteiger partial charge on any atom is -0.391 e. The molecule has 0 bridgehead atoms. The van der Waals surface area contributed by atoms with E-state index in [0.717, 1.165) is 5.56 Å². The number of halogens is 1. The van der Waals surface area contributed by atoms with Gasteiger partial charge in [0.1, 0.15) is 11.0 Å². The molecule has 1 aliphatic rings. The summed E-state index contributed by atoms with van der Waals surface area (Å²) in [4.78, 5) is 17.0. The summed E-state index contributed by atoms with van der Waals surface area (Å²) in [5, 5.41) is 9.72. The summed E-state index contributed by atoms with van der Waals surface area (Å²) >= 11 is 5.86. The third kappa shape index (κ3) is 1.96. The Morgan fingerprint density at radius 2 is 2.33 bits per heavy atom. The fourth-order valence-electron chi connectivity index (χ4n) is 1.55. The van der Waals surface area contributed by atoms with Gasteiger partial charge in [0.25, 0.3) is 0 Å². The van der Waals surface area contributed by atoms with E-state index >= 15 is 0 Å². The Balaban J connectivity index is 2.30. The largest absolute Gasteiger partial charge is 0.391 e. The van der Waals surface area contributed by atoms with Crippen LogP contribution in [0, 0.1) is 6.92 Å². The van der Waals surface area contributed by atoms with Crippen molar-refractivity contribution in [1.29, 1.82) is 0 Å². The third-order valence-electron chi connectivity index (χ3n) is 2.40. The first-order valence-electron chi connectivity index (χ1n) is 4.69. The highest BCUT2D eigenvalue weighted by Gasteiger charge is 2.29. The van der Waals surface area contributed by atoms with Crippen molar-refractivity contribution in [2.24, 2.45) is 0 Å². The minimum atomic E-state index is -0.598. The van der Waals surface area contributed by atoms with Crippen LogP contribution in [-0.2, 0) is 4.79 Å². The van der Waals surface area contributed by atoms with Crippen LogP contribution < -0.4 is 4.90 Å². The number of β-amino-alcohol motifs (C(OH)–C–C–N with tert-alkyl or cyclic N) is 1. The lowest BCUT2D eigenvalue weighted by Crippen LogP contribution is -2.26. The Hall–Kier alpha value is -1.13. The van der Waals surface area contributed by atoms with Gasteiger partial charge in [0.2, 0.25) is 5.91 Å². The first kappa shape index (κ1) is 10.4. The van der Waals surface area contributed by atoms with Gasteiger partial charge in [-0.3, -0.25) is 9.69 Å². The SMILES string of the molecule is Cc1ccc(N2CC(O)CC2=O)nc1Cl. The molecule has 15 heavy (non-hydrogen) atoms. The van der Waals surface area contributed by atoms with Crippen molar-refractivity contribution < 1.29 is 9.90 Å². The minimum absolute atomic E-state index is 0.116. The van der Waals surface area contributed by atoms with Crippen LogP contribution in [0.5, 0.6) is 0 Å². The first-order chi connectivity index (χ1) is 7.08. The molecule has 0 spiro atoms. The summed E-state index contributed by atoms with van der Waals surface area (Å²) in [5.74, 6) is 0.391. The molecule has 0 radical (unpaired) electrons. The van der Waals surface area contributed by atoms with Crippen LogP contribution >= 0.6 is 11.6 Å². The zero-order valence-corrected chi connectivity index (χ0v) is 9.03. The van der Waals surface area contributed by atoms with Gasteiger partial charge >= 0.3 is 0 Å². The number of carbonyl (C=O) groups is 1. The van der Waals surface area contributed by atoms with E-state index in [4.69, 9.17) is 11.6 Å². The maximum Gasteiger partial charge on any atom is 0.230 e. The van der Waals surface area contributed by atoms with Crippen LogP contribution in [-0.4, -0.2) is 28.6 Å². The lowest BCUT2D eigenvalue weighted by Gasteiger charge is -2.15. The van der Waals surface area contributed by atoms with Gasteiger partial charge in [-0.2, -0.15) is 0 Å². The van der Waals surface area contributed by atoms with Crippen LogP contribution in [0.25, 0.3) is 0 Å². The number of anilines is 1. The molecule has 1 aromatic rings. The van der Waals surface area contributed by atoms with Gasteiger partial charge in [-0.05, 0) is 18.6 Å². The van der Waals surface area contributed by atoms with Crippen LogP contribution in [0.4, 0.5) is 5.82 Å². The van der Waals surface area contributed by atoms with E-state index in [0.29, 0.717) is 17.5 Å². The van der Waals surface area contributed by atoms with Crippen molar-refractivity contribution in [1.82, 2.24) is 4.98 Å². The van der Waals surface area contributed by atoms with E-state index in [9.17, 15) is 9.90 Å². The van der Waals surface area contributed by atoms with Gasteiger partial charge in [0.05, 0.1) is 19.1 Å². The number of nitrogens with zero attached hydrogens (tertiary/aromatic N) is 2. The van der Waals surface area contributed by atoms with Gasteiger partial charge in [-0.25, -0.2) is 4.98 Å². The molecule has 0 aliphatic carbocycles. The number of aliphatic hydroxyl groups is 1. The molecule has 5 heteroatoms. The molecule has 1 saturated heterocycles. The highest BCUT2D eigenvalue weighted by atomic mass is 35.5. The second-order valence-corrected chi connectivity index (χ2v) is 4.00. The number of hydrogen-bond acceptors (Lipinski definition) is 3. The molecular weight excluding hydrogens is 216 g/mol. The molecule has 80 valence electrons. The maximum atomic E-state index is 11.5. The molecule has 1 aromatic heterocycles. The van der Waals surface area contributed by atoms with E-state index < -0.39 is 6.10 Å². The van der Waals surface area contributed by atoms with Gasteiger partial charge in [-0.15, -0.1) is 0 Å². The van der Waals surface area contributed by atoms with Crippen molar-refractivity contribution in [3.8, 4) is 0 Å². The van der Waals surface area contributed by atoms with E-state index in [1.54, 1.807) is 6.07 Å². The molecule has 1 amide bonds. The monoisotopic (exact) mass is 226 g/mol. The van der Waals surface area contributed by atoms with Crippen molar-refractivity contribution in [2.75, 3.05) is 11.4 Å². The van der Waals surface area contributed by atoms with Crippen LogP contribution in [0.3, 0.4) is 0 Å². The predicted molar refractivity (Wildman–Crippen MR) is 57.0 cm³/mol. The van der Waals surface area contributed by atoms with Gasteiger partial charge in [-0.1, -0.05) is 17.7 Å². The Morgan fingerprint density at radius 3 is 2.87 bits per heavy atom. The fraction of sp³-hybridized carbons (Fsp3) is 0.400.